The van der Waals surface area contributed by atoms with Crippen molar-refractivity contribution in [1.29, 1.82) is 0 Å². The molecule has 1 aliphatic rings. The largest absolute Gasteiger partial charge is 0.496 e. The number of β-amino-alcohol motifs (C(OH)–C–C–N with tert-alkyl or cyclic N) is 1. The van der Waals surface area contributed by atoms with Crippen molar-refractivity contribution in [1.82, 2.24) is 9.80 Å². The number of hydrogen-bond acceptors (Lipinski definition) is 5. The molecule has 1 fully saturated rings. The number of carbonyl (C=O) groups is 1. The first-order valence-corrected chi connectivity index (χ1v) is 8.93. The quantitative estimate of drug-likeness (QED) is 0.902. The van der Waals surface area contributed by atoms with E-state index in [0.717, 1.165) is 18.0 Å². The van der Waals surface area contributed by atoms with E-state index in [4.69, 9.17) is 4.74 Å². The van der Waals surface area contributed by atoms with E-state index in [-0.39, 0.29) is 5.91 Å². The fraction of sp³-hybridized carbons (Fsp3) is 0.389. The Morgan fingerprint density at radius 2 is 1.96 bits per heavy atom. The Kier molecular flexibility index (Phi) is 5.50. The summed E-state index contributed by atoms with van der Waals surface area (Å²) in [6.07, 6.45) is -0.457. The van der Waals surface area contributed by atoms with Crippen molar-refractivity contribution < 1.29 is 14.6 Å². The first-order chi connectivity index (χ1) is 11.7. The van der Waals surface area contributed by atoms with Crippen LogP contribution in [-0.4, -0.2) is 60.6 Å². The number of methoxy groups -OCH3 is 1. The third kappa shape index (κ3) is 3.77. The number of aliphatic hydroxyl groups excluding tert-OH is 1. The lowest BCUT2D eigenvalue weighted by molar-refractivity contribution is 0.0530. The molecule has 0 saturated carbocycles. The number of thiophene rings is 1. The van der Waals surface area contributed by atoms with Crippen LogP contribution in [0.1, 0.15) is 21.3 Å². The van der Waals surface area contributed by atoms with Gasteiger partial charge in [0.2, 0.25) is 0 Å². The fourth-order valence-electron chi connectivity index (χ4n) is 2.94. The Hall–Kier alpha value is -1.89. The van der Waals surface area contributed by atoms with Gasteiger partial charge in [0.25, 0.3) is 5.91 Å². The molecule has 1 amide bonds. The monoisotopic (exact) mass is 346 g/mol. The first kappa shape index (κ1) is 17.0. The predicted molar refractivity (Wildman–Crippen MR) is 94.6 cm³/mol. The van der Waals surface area contributed by atoms with Crippen molar-refractivity contribution in [3.8, 4) is 5.75 Å². The van der Waals surface area contributed by atoms with E-state index in [2.05, 4.69) is 4.90 Å². The summed E-state index contributed by atoms with van der Waals surface area (Å²) in [4.78, 5) is 17.7. The molecular weight excluding hydrogens is 324 g/mol. The smallest absolute Gasteiger partial charge is 0.257 e. The number of piperazine rings is 1. The first-order valence-electron chi connectivity index (χ1n) is 8.05. The van der Waals surface area contributed by atoms with Gasteiger partial charge in [-0.2, -0.15) is 0 Å². The molecule has 1 aliphatic heterocycles. The second kappa shape index (κ2) is 7.79. The summed E-state index contributed by atoms with van der Waals surface area (Å²) in [7, 11) is 1.58. The molecular formula is C18H22N2O3S. The van der Waals surface area contributed by atoms with Crippen LogP contribution in [0.15, 0.2) is 41.8 Å². The molecule has 2 heterocycles. The van der Waals surface area contributed by atoms with Crippen molar-refractivity contribution in [3.63, 3.8) is 0 Å². The molecule has 6 heteroatoms. The van der Waals surface area contributed by atoms with Crippen LogP contribution in [0, 0.1) is 0 Å². The summed E-state index contributed by atoms with van der Waals surface area (Å²) in [6.45, 7) is 3.46. The van der Waals surface area contributed by atoms with Gasteiger partial charge < -0.3 is 14.7 Å². The van der Waals surface area contributed by atoms with E-state index in [1.165, 1.54) is 0 Å². The minimum atomic E-state index is -0.457. The number of aliphatic hydroxyl groups is 1. The second-order valence-corrected chi connectivity index (χ2v) is 6.80. The van der Waals surface area contributed by atoms with Crippen molar-refractivity contribution >= 4 is 17.2 Å². The molecule has 1 aromatic heterocycles. The number of para-hydroxylation sites is 1. The van der Waals surface area contributed by atoms with E-state index < -0.39 is 6.10 Å². The number of rotatable bonds is 5. The summed E-state index contributed by atoms with van der Waals surface area (Å²) < 4.78 is 5.28. The Bertz CT molecular complexity index is 667. The molecule has 128 valence electrons. The Labute approximate surface area is 146 Å². The van der Waals surface area contributed by atoms with E-state index in [0.29, 0.717) is 30.9 Å². The van der Waals surface area contributed by atoms with Crippen molar-refractivity contribution in [2.75, 3.05) is 39.8 Å². The van der Waals surface area contributed by atoms with Gasteiger partial charge in [0.15, 0.2) is 0 Å². The number of amides is 1. The topological polar surface area (TPSA) is 53.0 Å². The Morgan fingerprint density at radius 1 is 1.21 bits per heavy atom. The highest BCUT2D eigenvalue weighted by Gasteiger charge is 2.25. The summed E-state index contributed by atoms with van der Waals surface area (Å²) in [5.41, 5.74) is 0.604. The maximum Gasteiger partial charge on any atom is 0.257 e. The van der Waals surface area contributed by atoms with Crippen LogP contribution in [0.5, 0.6) is 5.75 Å². The van der Waals surface area contributed by atoms with Crippen molar-refractivity contribution in [3.05, 3.63) is 52.2 Å². The molecule has 0 aliphatic carbocycles. The van der Waals surface area contributed by atoms with Gasteiger partial charge in [0.1, 0.15) is 11.9 Å². The van der Waals surface area contributed by atoms with E-state index in [1.54, 1.807) is 30.6 Å². The summed E-state index contributed by atoms with van der Waals surface area (Å²) in [6, 6.07) is 11.2. The van der Waals surface area contributed by atoms with Gasteiger partial charge in [-0.25, -0.2) is 0 Å². The second-order valence-electron chi connectivity index (χ2n) is 5.82. The third-order valence-corrected chi connectivity index (χ3v) is 5.27. The average molecular weight is 346 g/mol. The van der Waals surface area contributed by atoms with Crippen LogP contribution in [0.25, 0.3) is 0 Å². The van der Waals surface area contributed by atoms with Gasteiger partial charge in [0.05, 0.1) is 12.7 Å². The van der Waals surface area contributed by atoms with Gasteiger partial charge in [-0.05, 0) is 23.6 Å². The van der Waals surface area contributed by atoms with E-state index in [1.807, 2.05) is 34.5 Å². The summed E-state index contributed by atoms with van der Waals surface area (Å²) in [5.74, 6) is 0.615. The average Bonchev–Trinajstić information content (AvgIpc) is 3.16. The normalized spacial score (nSPS) is 16.8. The van der Waals surface area contributed by atoms with Crippen molar-refractivity contribution in [2.45, 2.75) is 6.10 Å². The lowest BCUT2D eigenvalue weighted by Crippen LogP contribution is -2.49. The van der Waals surface area contributed by atoms with Gasteiger partial charge in [-0.15, -0.1) is 11.3 Å². The SMILES string of the molecule is COc1ccccc1C(=O)N1CCN(CC(O)c2cccs2)CC1. The Morgan fingerprint density at radius 3 is 2.62 bits per heavy atom. The van der Waals surface area contributed by atoms with Gasteiger partial charge in [0, 0.05) is 37.6 Å². The molecule has 1 saturated heterocycles. The predicted octanol–water partition coefficient (Wildman–Crippen LogP) is 2.25. The van der Waals surface area contributed by atoms with Gasteiger partial charge in [-0.1, -0.05) is 18.2 Å². The summed E-state index contributed by atoms with van der Waals surface area (Å²) >= 11 is 1.57. The lowest BCUT2D eigenvalue weighted by Gasteiger charge is -2.35. The standard InChI is InChI=1S/C18H22N2O3S/c1-23-16-6-3-2-5-14(16)18(22)20-10-8-19(9-11-20)13-15(21)17-7-4-12-24-17/h2-7,12,15,21H,8-11,13H2,1H3. The van der Waals surface area contributed by atoms with Crippen LogP contribution in [0.4, 0.5) is 0 Å². The third-order valence-electron chi connectivity index (χ3n) is 4.30. The van der Waals surface area contributed by atoms with E-state index >= 15 is 0 Å². The van der Waals surface area contributed by atoms with Gasteiger partial charge >= 0.3 is 0 Å². The van der Waals surface area contributed by atoms with Crippen LogP contribution >= 0.6 is 11.3 Å². The Balaban J connectivity index is 1.56. The number of nitrogens with zero attached hydrogens (tertiary/aromatic N) is 2. The summed E-state index contributed by atoms with van der Waals surface area (Å²) in [5, 5.41) is 12.2. The molecule has 3 rings (SSSR count). The fourth-order valence-corrected chi connectivity index (χ4v) is 3.64. The zero-order valence-corrected chi connectivity index (χ0v) is 14.5. The lowest BCUT2D eigenvalue weighted by atomic mass is 10.1. The number of carbonyl (C=O) groups excluding carboxylic acids is 1. The number of ether oxygens (including phenoxy) is 1. The van der Waals surface area contributed by atoms with Crippen LogP contribution < -0.4 is 4.74 Å². The minimum absolute atomic E-state index is 0.00547. The molecule has 1 N–H and O–H groups in total. The molecule has 0 bridgehead atoms. The van der Waals surface area contributed by atoms with Crippen LogP contribution in [0.2, 0.25) is 0 Å². The molecule has 2 aromatic rings. The van der Waals surface area contributed by atoms with E-state index in [9.17, 15) is 9.90 Å². The molecule has 5 nitrogen and oxygen atoms in total. The molecule has 0 radical (unpaired) electrons. The molecule has 1 atom stereocenters. The number of hydrogen-bond donors (Lipinski definition) is 1. The zero-order valence-electron chi connectivity index (χ0n) is 13.7. The van der Waals surface area contributed by atoms with Crippen LogP contribution in [0.3, 0.4) is 0 Å². The number of benzene rings is 1. The molecule has 0 spiro atoms. The highest BCUT2D eigenvalue weighted by Crippen LogP contribution is 2.22. The maximum atomic E-state index is 12.7. The molecule has 1 unspecified atom stereocenters. The van der Waals surface area contributed by atoms with Crippen molar-refractivity contribution in [2.24, 2.45) is 0 Å². The van der Waals surface area contributed by atoms with Gasteiger partial charge in [-0.3, -0.25) is 9.69 Å². The highest BCUT2D eigenvalue weighted by molar-refractivity contribution is 7.10. The zero-order chi connectivity index (χ0) is 16.9. The van der Waals surface area contributed by atoms with Crippen LogP contribution in [-0.2, 0) is 0 Å². The minimum Gasteiger partial charge on any atom is -0.496 e. The molecule has 24 heavy (non-hydrogen) atoms. The highest BCUT2D eigenvalue weighted by atomic mass is 32.1. The molecule has 1 aromatic carbocycles. The maximum absolute atomic E-state index is 12.7.